The molecule has 7 nitrogen and oxygen atoms in total. The van der Waals surface area contributed by atoms with Gasteiger partial charge in [0.2, 0.25) is 0 Å². The number of hydrogen-bond donors (Lipinski definition) is 0. The second kappa shape index (κ2) is 7.87. The van der Waals surface area contributed by atoms with Crippen molar-refractivity contribution in [3.8, 4) is 5.75 Å². The molecule has 4 rings (SSSR count). The molecule has 2 heterocycles. The molecule has 0 aliphatic carbocycles. The highest BCUT2D eigenvalue weighted by atomic mass is 32.2. The average molecular weight is 413 g/mol. The van der Waals surface area contributed by atoms with Gasteiger partial charge in [-0.3, -0.25) is 8.99 Å². The maximum Gasteiger partial charge on any atom is 0.264 e. The maximum atomic E-state index is 13.5. The number of nitrogens with zero attached hydrogens (tertiary/aromatic N) is 4. The largest absolute Gasteiger partial charge is 0.486 e. The topological polar surface area (TPSA) is 77.3 Å². The van der Waals surface area contributed by atoms with Crippen molar-refractivity contribution in [2.45, 2.75) is 43.7 Å². The predicted octanol–water partition coefficient (Wildman–Crippen LogP) is 3.31. The van der Waals surface area contributed by atoms with Gasteiger partial charge in [-0.1, -0.05) is 25.1 Å². The van der Waals surface area contributed by atoms with Crippen LogP contribution >= 0.6 is 0 Å². The van der Waals surface area contributed by atoms with Crippen molar-refractivity contribution in [3.05, 3.63) is 66.2 Å². The van der Waals surface area contributed by atoms with Crippen molar-refractivity contribution < 1.29 is 13.2 Å². The summed E-state index contributed by atoms with van der Waals surface area (Å²) in [7, 11) is -1.87. The van der Waals surface area contributed by atoms with Crippen LogP contribution in [0.5, 0.6) is 5.75 Å². The van der Waals surface area contributed by atoms with Crippen LogP contribution in [0.25, 0.3) is 0 Å². The van der Waals surface area contributed by atoms with E-state index in [0.717, 1.165) is 30.5 Å². The van der Waals surface area contributed by atoms with Crippen LogP contribution in [-0.4, -0.2) is 29.2 Å². The number of hydrogen-bond acceptors (Lipinski definition) is 5. The summed E-state index contributed by atoms with van der Waals surface area (Å²) in [4.78, 5) is 4.37. The highest BCUT2D eigenvalue weighted by Crippen LogP contribution is 2.36. The first-order valence-corrected chi connectivity index (χ1v) is 11.1. The van der Waals surface area contributed by atoms with Gasteiger partial charge < -0.3 is 4.74 Å². The molecule has 0 amide bonds. The average Bonchev–Trinajstić information content (AvgIpc) is 3.16. The monoisotopic (exact) mass is 412 g/mol. The van der Waals surface area contributed by atoms with E-state index in [0.29, 0.717) is 11.6 Å². The van der Waals surface area contributed by atoms with Gasteiger partial charge in [0.1, 0.15) is 18.7 Å². The van der Waals surface area contributed by atoms with Crippen LogP contribution in [0.4, 0.5) is 5.69 Å². The summed E-state index contributed by atoms with van der Waals surface area (Å²) in [6, 6.07) is 14.3. The molecule has 0 fully saturated rings. The minimum Gasteiger partial charge on any atom is -0.486 e. The Hall–Kier alpha value is -2.87. The Morgan fingerprint density at radius 3 is 2.59 bits per heavy atom. The number of fused-ring (bicyclic) bond motifs is 1. The molecular formula is C21H24N4O3S. The Balaban J connectivity index is 1.59. The second-order valence-corrected chi connectivity index (χ2v) is 8.91. The molecule has 1 unspecified atom stereocenters. The Morgan fingerprint density at radius 1 is 1.14 bits per heavy atom. The van der Waals surface area contributed by atoms with Crippen LogP contribution < -0.4 is 9.04 Å². The molecule has 152 valence electrons. The molecule has 1 aliphatic rings. The fourth-order valence-electron chi connectivity index (χ4n) is 3.69. The number of benzene rings is 2. The molecule has 2 aromatic carbocycles. The van der Waals surface area contributed by atoms with Crippen molar-refractivity contribution in [2.75, 3.05) is 4.31 Å². The SMILES string of the molecule is CCC1CCc2ccccc2N1S(=O)(=O)c1ccc(OCc2ncnn2C)cc1. The Morgan fingerprint density at radius 2 is 1.90 bits per heavy atom. The van der Waals surface area contributed by atoms with Crippen LogP contribution in [0.3, 0.4) is 0 Å². The molecule has 1 aromatic heterocycles. The Kier molecular flexibility index (Phi) is 5.27. The molecule has 0 spiro atoms. The van der Waals surface area contributed by atoms with E-state index in [1.165, 1.54) is 6.33 Å². The fraction of sp³-hybridized carbons (Fsp3) is 0.333. The van der Waals surface area contributed by atoms with Gasteiger partial charge in [-0.15, -0.1) is 0 Å². The quantitative estimate of drug-likeness (QED) is 0.621. The number of ether oxygens (including phenoxy) is 1. The van der Waals surface area contributed by atoms with Crippen molar-refractivity contribution in [3.63, 3.8) is 0 Å². The van der Waals surface area contributed by atoms with Crippen LogP contribution in [0, 0.1) is 0 Å². The predicted molar refractivity (Wildman–Crippen MR) is 110 cm³/mol. The van der Waals surface area contributed by atoms with E-state index in [-0.39, 0.29) is 17.5 Å². The summed E-state index contributed by atoms with van der Waals surface area (Å²) in [5.74, 6) is 1.27. The molecule has 1 aliphatic heterocycles. The number of aryl methyl sites for hydroxylation is 2. The zero-order chi connectivity index (χ0) is 20.4. The summed E-state index contributed by atoms with van der Waals surface area (Å²) in [5.41, 5.74) is 1.86. The lowest BCUT2D eigenvalue weighted by Crippen LogP contribution is -2.43. The van der Waals surface area contributed by atoms with Gasteiger partial charge in [0.05, 0.1) is 10.6 Å². The van der Waals surface area contributed by atoms with Gasteiger partial charge in [0.25, 0.3) is 10.0 Å². The molecule has 0 radical (unpaired) electrons. The summed E-state index contributed by atoms with van der Waals surface area (Å²) in [5, 5.41) is 4.00. The lowest BCUT2D eigenvalue weighted by atomic mass is 9.97. The molecule has 0 bridgehead atoms. The van der Waals surface area contributed by atoms with E-state index in [4.69, 9.17) is 4.74 Å². The molecule has 1 atom stereocenters. The Labute approximate surface area is 171 Å². The third kappa shape index (κ3) is 3.72. The fourth-order valence-corrected chi connectivity index (χ4v) is 5.48. The third-order valence-corrected chi connectivity index (χ3v) is 7.21. The van der Waals surface area contributed by atoms with E-state index >= 15 is 0 Å². The first kappa shape index (κ1) is 19.4. The number of para-hydroxylation sites is 1. The number of aromatic nitrogens is 3. The first-order valence-electron chi connectivity index (χ1n) is 9.68. The van der Waals surface area contributed by atoms with Crippen LogP contribution in [0.2, 0.25) is 0 Å². The van der Waals surface area contributed by atoms with Crippen molar-refractivity contribution >= 4 is 15.7 Å². The van der Waals surface area contributed by atoms with Gasteiger partial charge in [0.15, 0.2) is 5.82 Å². The standard InChI is InChI=1S/C21H24N4O3S/c1-3-17-9-8-16-6-4-5-7-20(16)25(17)29(26,27)19-12-10-18(11-13-19)28-14-21-22-15-23-24(21)2/h4-7,10-13,15,17H,3,8-9,14H2,1-2H3. The van der Waals surface area contributed by atoms with Gasteiger partial charge in [-0.25, -0.2) is 13.4 Å². The van der Waals surface area contributed by atoms with E-state index in [2.05, 4.69) is 10.1 Å². The van der Waals surface area contributed by atoms with E-state index in [1.807, 2.05) is 31.2 Å². The van der Waals surface area contributed by atoms with E-state index in [9.17, 15) is 8.42 Å². The summed E-state index contributed by atoms with van der Waals surface area (Å²) < 4.78 is 35.9. The second-order valence-electron chi connectivity index (χ2n) is 7.09. The highest BCUT2D eigenvalue weighted by molar-refractivity contribution is 7.92. The number of anilines is 1. The van der Waals surface area contributed by atoms with Crippen molar-refractivity contribution in [1.29, 1.82) is 0 Å². The normalized spacial score (nSPS) is 16.5. The maximum absolute atomic E-state index is 13.5. The van der Waals surface area contributed by atoms with E-state index in [1.54, 1.807) is 40.3 Å². The highest BCUT2D eigenvalue weighted by Gasteiger charge is 2.34. The molecule has 8 heteroatoms. The number of rotatable bonds is 6. The zero-order valence-electron chi connectivity index (χ0n) is 16.5. The minimum atomic E-state index is -3.67. The van der Waals surface area contributed by atoms with Gasteiger partial charge in [0, 0.05) is 13.1 Å². The smallest absolute Gasteiger partial charge is 0.264 e. The van der Waals surface area contributed by atoms with Gasteiger partial charge in [-0.2, -0.15) is 5.10 Å². The van der Waals surface area contributed by atoms with Gasteiger partial charge >= 0.3 is 0 Å². The van der Waals surface area contributed by atoms with Gasteiger partial charge in [-0.05, 0) is 55.2 Å². The molecule has 0 saturated carbocycles. The van der Waals surface area contributed by atoms with Crippen molar-refractivity contribution in [2.24, 2.45) is 7.05 Å². The summed E-state index contributed by atoms with van der Waals surface area (Å²) in [6.07, 6.45) is 3.96. The van der Waals surface area contributed by atoms with Crippen molar-refractivity contribution in [1.82, 2.24) is 14.8 Å². The molecule has 29 heavy (non-hydrogen) atoms. The lowest BCUT2D eigenvalue weighted by Gasteiger charge is -2.37. The third-order valence-electron chi connectivity index (χ3n) is 5.33. The summed E-state index contributed by atoms with van der Waals surface area (Å²) in [6.45, 7) is 2.30. The Bertz CT molecular complexity index is 1090. The number of sulfonamides is 1. The minimum absolute atomic E-state index is 0.0401. The molecule has 3 aromatic rings. The lowest BCUT2D eigenvalue weighted by molar-refractivity contribution is 0.289. The summed E-state index contributed by atoms with van der Waals surface area (Å²) >= 11 is 0. The molecule has 0 N–H and O–H groups in total. The van der Waals surface area contributed by atoms with Crippen LogP contribution in [0.1, 0.15) is 31.2 Å². The van der Waals surface area contributed by atoms with Crippen LogP contribution in [0.15, 0.2) is 59.8 Å². The molecular weight excluding hydrogens is 388 g/mol. The van der Waals surface area contributed by atoms with Crippen LogP contribution in [-0.2, 0) is 30.1 Å². The zero-order valence-corrected chi connectivity index (χ0v) is 17.3. The first-order chi connectivity index (χ1) is 14.0. The van der Waals surface area contributed by atoms with E-state index < -0.39 is 10.0 Å². The molecule has 0 saturated heterocycles.